The lowest BCUT2D eigenvalue weighted by atomic mass is 9.71. The smallest absolute Gasteiger partial charge is 0.0265 e. The van der Waals surface area contributed by atoms with E-state index in [9.17, 15) is 0 Å². The Morgan fingerprint density at radius 2 is 1.62 bits per heavy atom. The van der Waals surface area contributed by atoms with E-state index in [1.54, 1.807) is 0 Å². The van der Waals surface area contributed by atoms with E-state index in [1.165, 1.54) is 25.7 Å². The van der Waals surface area contributed by atoms with Crippen LogP contribution in [0.1, 0.15) is 67.2 Å². The normalized spacial score (nSPS) is 16.2. The van der Waals surface area contributed by atoms with Crippen molar-refractivity contribution in [2.75, 3.05) is 0 Å². The highest BCUT2D eigenvalue weighted by atomic mass is 14.3. The van der Waals surface area contributed by atoms with Crippen LogP contribution in [0.2, 0.25) is 0 Å². The summed E-state index contributed by atoms with van der Waals surface area (Å²) in [4.78, 5) is 0. The maximum absolute atomic E-state index is 3.84. The average Bonchev–Trinajstić information content (AvgIpc) is 2.22. The van der Waals surface area contributed by atoms with Gasteiger partial charge in [-0.3, -0.25) is 0 Å². The van der Waals surface area contributed by atoms with Crippen LogP contribution in [0.25, 0.3) is 0 Å². The van der Waals surface area contributed by atoms with Crippen LogP contribution in [0.3, 0.4) is 0 Å². The molecule has 0 spiro atoms. The Labute approximate surface area is 104 Å². The van der Waals surface area contributed by atoms with Crippen molar-refractivity contribution in [2.45, 2.75) is 67.2 Å². The summed E-state index contributed by atoms with van der Waals surface area (Å²) < 4.78 is 0. The first-order valence-corrected chi connectivity index (χ1v) is 6.93. The van der Waals surface area contributed by atoms with E-state index >= 15 is 0 Å². The molecule has 0 fully saturated rings. The predicted octanol–water partition coefficient (Wildman–Crippen LogP) is 5.69. The molecule has 0 aromatic rings. The Balaban J connectivity index is 3.86. The summed E-state index contributed by atoms with van der Waals surface area (Å²) >= 11 is 0. The van der Waals surface area contributed by atoms with Gasteiger partial charge in [-0.1, -0.05) is 60.5 Å². The summed E-state index contributed by atoms with van der Waals surface area (Å²) in [5, 5.41) is 0. The van der Waals surface area contributed by atoms with Gasteiger partial charge in [-0.05, 0) is 36.0 Å². The highest BCUT2D eigenvalue weighted by Crippen LogP contribution is 2.37. The molecular weight excluding hydrogens is 192 g/mol. The van der Waals surface area contributed by atoms with Crippen LogP contribution in [-0.4, -0.2) is 0 Å². The van der Waals surface area contributed by atoms with E-state index in [2.05, 4.69) is 54.2 Å². The van der Waals surface area contributed by atoms with Crippen molar-refractivity contribution >= 4 is 0 Å². The van der Waals surface area contributed by atoms with Gasteiger partial charge < -0.3 is 0 Å². The molecule has 0 radical (unpaired) electrons. The van der Waals surface area contributed by atoms with Gasteiger partial charge in [0.2, 0.25) is 0 Å². The zero-order valence-corrected chi connectivity index (χ0v) is 12.3. The largest absolute Gasteiger partial charge is 0.103 e. The number of unbranched alkanes of at least 4 members (excludes halogenated alkanes) is 1. The third-order valence-electron chi connectivity index (χ3n) is 4.37. The van der Waals surface area contributed by atoms with Gasteiger partial charge in [0, 0.05) is 0 Å². The summed E-state index contributed by atoms with van der Waals surface area (Å²) in [5.41, 5.74) is 0.492. The molecule has 0 aromatic carbocycles. The summed E-state index contributed by atoms with van der Waals surface area (Å²) in [6.45, 7) is 18.0. The Kier molecular flexibility index (Phi) is 7.03. The van der Waals surface area contributed by atoms with Crippen molar-refractivity contribution in [3.05, 3.63) is 12.7 Å². The maximum Gasteiger partial charge on any atom is -0.0265 e. The van der Waals surface area contributed by atoms with E-state index in [0.717, 1.165) is 11.8 Å². The van der Waals surface area contributed by atoms with Gasteiger partial charge in [-0.2, -0.15) is 0 Å². The molecule has 2 atom stereocenters. The van der Waals surface area contributed by atoms with E-state index in [-0.39, 0.29) is 0 Å². The third kappa shape index (κ3) is 5.72. The van der Waals surface area contributed by atoms with E-state index in [4.69, 9.17) is 0 Å². The molecule has 96 valence electrons. The SMILES string of the molecule is C=CC(C)CCCCC(C)(C)C(C)C(C)C. The van der Waals surface area contributed by atoms with Crippen molar-refractivity contribution in [2.24, 2.45) is 23.2 Å². The van der Waals surface area contributed by atoms with Gasteiger partial charge >= 0.3 is 0 Å². The number of hydrogen-bond acceptors (Lipinski definition) is 0. The molecule has 0 aliphatic heterocycles. The van der Waals surface area contributed by atoms with Crippen LogP contribution in [0, 0.1) is 23.2 Å². The first-order chi connectivity index (χ1) is 7.31. The summed E-state index contributed by atoms with van der Waals surface area (Å²) in [5.74, 6) is 2.29. The summed E-state index contributed by atoms with van der Waals surface area (Å²) in [7, 11) is 0. The average molecular weight is 224 g/mol. The molecule has 0 aromatic heterocycles. The standard InChI is InChI=1S/C16H32/c1-8-14(4)11-9-10-12-16(6,7)15(5)13(2)3/h8,13-15H,1,9-12H2,2-7H3. The lowest BCUT2D eigenvalue weighted by molar-refractivity contribution is 0.156. The minimum Gasteiger partial charge on any atom is -0.103 e. The molecule has 0 rings (SSSR count). The predicted molar refractivity (Wildman–Crippen MR) is 75.6 cm³/mol. The second-order valence-corrected chi connectivity index (χ2v) is 6.48. The van der Waals surface area contributed by atoms with E-state index in [0.29, 0.717) is 11.3 Å². The summed E-state index contributed by atoms with van der Waals surface area (Å²) in [6, 6.07) is 0. The fourth-order valence-corrected chi connectivity index (χ4v) is 2.29. The second kappa shape index (κ2) is 7.14. The van der Waals surface area contributed by atoms with Gasteiger partial charge in [-0.25, -0.2) is 0 Å². The Morgan fingerprint density at radius 1 is 1.06 bits per heavy atom. The number of hydrogen-bond donors (Lipinski definition) is 0. The fourth-order valence-electron chi connectivity index (χ4n) is 2.29. The minimum absolute atomic E-state index is 0.492. The number of rotatable bonds is 8. The van der Waals surface area contributed by atoms with Crippen molar-refractivity contribution in [1.82, 2.24) is 0 Å². The molecule has 0 N–H and O–H groups in total. The Morgan fingerprint density at radius 3 is 2.06 bits per heavy atom. The monoisotopic (exact) mass is 224 g/mol. The third-order valence-corrected chi connectivity index (χ3v) is 4.37. The molecule has 0 amide bonds. The Bertz CT molecular complexity index is 188. The van der Waals surface area contributed by atoms with Crippen LogP contribution in [0.15, 0.2) is 12.7 Å². The van der Waals surface area contributed by atoms with Crippen molar-refractivity contribution in [3.8, 4) is 0 Å². The molecule has 0 aliphatic carbocycles. The van der Waals surface area contributed by atoms with Gasteiger partial charge in [0.25, 0.3) is 0 Å². The van der Waals surface area contributed by atoms with E-state index < -0.39 is 0 Å². The molecule has 16 heavy (non-hydrogen) atoms. The van der Waals surface area contributed by atoms with Crippen molar-refractivity contribution < 1.29 is 0 Å². The lowest BCUT2D eigenvalue weighted by Crippen LogP contribution is -2.25. The second-order valence-electron chi connectivity index (χ2n) is 6.48. The minimum atomic E-state index is 0.492. The highest BCUT2D eigenvalue weighted by molar-refractivity contribution is 4.78. The van der Waals surface area contributed by atoms with Crippen LogP contribution in [0.4, 0.5) is 0 Å². The first-order valence-electron chi connectivity index (χ1n) is 6.93. The van der Waals surface area contributed by atoms with Crippen LogP contribution in [0.5, 0.6) is 0 Å². The maximum atomic E-state index is 3.84. The van der Waals surface area contributed by atoms with E-state index in [1.807, 2.05) is 0 Å². The zero-order chi connectivity index (χ0) is 12.8. The van der Waals surface area contributed by atoms with Gasteiger partial charge in [0.1, 0.15) is 0 Å². The fraction of sp³-hybridized carbons (Fsp3) is 0.875. The summed E-state index contributed by atoms with van der Waals surface area (Å²) in [6.07, 6.45) is 7.44. The molecule has 0 heteroatoms. The molecule has 0 saturated carbocycles. The molecule has 0 nitrogen and oxygen atoms in total. The van der Waals surface area contributed by atoms with Crippen LogP contribution >= 0.6 is 0 Å². The highest BCUT2D eigenvalue weighted by Gasteiger charge is 2.27. The number of allylic oxidation sites excluding steroid dienone is 1. The molecular formula is C16H32. The molecule has 0 bridgehead atoms. The van der Waals surface area contributed by atoms with Gasteiger partial charge in [0.15, 0.2) is 0 Å². The van der Waals surface area contributed by atoms with Crippen LogP contribution in [-0.2, 0) is 0 Å². The lowest BCUT2D eigenvalue weighted by Gasteiger charge is -2.35. The molecule has 0 aliphatic rings. The van der Waals surface area contributed by atoms with Crippen molar-refractivity contribution in [1.29, 1.82) is 0 Å². The quantitative estimate of drug-likeness (QED) is 0.367. The van der Waals surface area contributed by atoms with Gasteiger partial charge in [-0.15, -0.1) is 6.58 Å². The van der Waals surface area contributed by atoms with Crippen LogP contribution < -0.4 is 0 Å². The topological polar surface area (TPSA) is 0 Å². The first kappa shape index (κ1) is 15.7. The van der Waals surface area contributed by atoms with Crippen molar-refractivity contribution in [3.63, 3.8) is 0 Å². The molecule has 0 saturated heterocycles. The Hall–Kier alpha value is -0.260. The zero-order valence-electron chi connectivity index (χ0n) is 12.3. The molecule has 2 unspecified atom stereocenters. The van der Waals surface area contributed by atoms with Gasteiger partial charge in [0.05, 0.1) is 0 Å². The molecule has 0 heterocycles.